The van der Waals surface area contributed by atoms with E-state index in [1.807, 2.05) is 44.2 Å². The van der Waals surface area contributed by atoms with Gasteiger partial charge in [-0.05, 0) is 26.0 Å². The zero-order chi connectivity index (χ0) is 17.3. The molecule has 3 aromatic rings. The van der Waals surface area contributed by atoms with Crippen LogP contribution in [0.3, 0.4) is 0 Å². The van der Waals surface area contributed by atoms with Crippen molar-refractivity contribution in [2.24, 2.45) is 0 Å². The molecule has 0 saturated heterocycles. The van der Waals surface area contributed by atoms with Gasteiger partial charge in [0.25, 0.3) is 0 Å². The van der Waals surface area contributed by atoms with Crippen molar-refractivity contribution in [2.45, 2.75) is 18.9 Å². The topological polar surface area (TPSA) is 76.7 Å². The van der Waals surface area contributed by atoms with Crippen molar-refractivity contribution < 1.29 is 14.6 Å². The number of methoxy groups -OCH3 is 1. The van der Waals surface area contributed by atoms with Crippen LogP contribution in [-0.2, 0) is 4.79 Å². The molecule has 1 N–H and O–H groups in total. The van der Waals surface area contributed by atoms with Crippen molar-refractivity contribution >= 4 is 23.4 Å². The van der Waals surface area contributed by atoms with E-state index in [1.54, 1.807) is 11.6 Å². The van der Waals surface area contributed by atoms with Crippen LogP contribution < -0.4 is 4.74 Å². The Morgan fingerprint density at radius 1 is 1.33 bits per heavy atom. The van der Waals surface area contributed by atoms with E-state index in [0.29, 0.717) is 5.65 Å². The second-order valence-corrected chi connectivity index (χ2v) is 6.31. The van der Waals surface area contributed by atoms with Gasteiger partial charge in [0, 0.05) is 11.3 Å². The summed E-state index contributed by atoms with van der Waals surface area (Å²) in [6.45, 7) is 3.80. The molecule has 0 saturated carbocycles. The van der Waals surface area contributed by atoms with E-state index >= 15 is 0 Å². The van der Waals surface area contributed by atoms with E-state index < -0.39 is 5.97 Å². The average molecular weight is 343 g/mol. The van der Waals surface area contributed by atoms with Gasteiger partial charge in [-0.15, -0.1) is 0 Å². The number of aryl methyl sites for hydroxylation is 2. The van der Waals surface area contributed by atoms with Crippen LogP contribution in [0.5, 0.6) is 5.75 Å². The quantitative estimate of drug-likeness (QED) is 0.566. The van der Waals surface area contributed by atoms with Gasteiger partial charge in [0.05, 0.1) is 24.1 Å². The Kier molecular flexibility index (Phi) is 4.44. The number of aliphatic carboxylic acids is 1. The van der Waals surface area contributed by atoms with Crippen LogP contribution in [-0.4, -0.2) is 38.5 Å². The summed E-state index contributed by atoms with van der Waals surface area (Å²) in [5.74, 6) is -0.142. The normalized spacial score (nSPS) is 11.0. The van der Waals surface area contributed by atoms with E-state index in [0.717, 1.165) is 33.3 Å². The largest absolute Gasteiger partial charge is 0.496 e. The third-order valence-corrected chi connectivity index (χ3v) is 4.56. The van der Waals surface area contributed by atoms with Crippen molar-refractivity contribution in [2.75, 3.05) is 12.9 Å². The molecule has 0 amide bonds. The van der Waals surface area contributed by atoms with Crippen molar-refractivity contribution in [3.05, 3.63) is 41.7 Å². The Bertz CT molecular complexity index is 921. The van der Waals surface area contributed by atoms with Gasteiger partial charge in [-0.3, -0.25) is 4.79 Å². The molecular formula is C17H17N3O3S. The minimum absolute atomic E-state index is 0.0263. The number of benzene rings is 1. The first-order valence-corrected chi connectivity index (χ1v) is 8.34. The van der Waals surface area contributed by atoms with Crippen LogP contribution in [0.2, 0.25) is 0 Å². The highest BCUT2D eigenvalue weighted by Gasteiger charge is 2.19. The lowest BCUT2D eigenvalue weighted by molar-refractivity contribution is -0.133. The summed E-state index contributed by atoms with van der Waals surface area (Å²) in [6, 6.07) is 9.57. The maximum absolute atomic E-state index is 10.9. The van der Waals surface area contributed by atoms with Crippen molar-refractivity contribution in [3.8, 4) is 16.9 Å². The molecule has 7 heteroatoms. The molecule has 0 aliphatic carbocycles. The molecule has 0 aliphatic heterocycles. The zero-order valence-corrected chi connectivity index (χ0v) is 14.4. The van der Waals surface area contributed by atoms with Gasteiger partial charge in [-0.2, -0.15) is 5.10 Å². The summed E-state index contributed by atoms with van der Waals surface area (Å²) in [7, 11) is 1.63. The molecule has 0 aliphatic rings. The van der Waals surface area contributed by atoms with E-state index in [4.69, 9.17) is 9.84 Å². The second-order valence-electron chi connectivity index (χ2n) is 5.31. The fourth-order valence-corrected chi connectivity index (χ4v) is 3.39. The number of ether oxygens (including phenoxy) is 1. The molecule has 0 spiro atoms. The van der Waals surface area contributed by atoms with Gasteiger partial charge in [-0.1, -0.05) is 30.0 Å². The molecule has 2 aromatic heterocycles. The molecule has 0 atom stereocenters. The molecule has 2 heterocycles. The number of carbonyl (C=O) groups is 1. The number of thioether (sulfide) groups is 1. The Morgan fingerprint density at radius 2 is 2.08 bits per heavy atom. The summed E-state index contributed by atoms with van der Waals surface area (Å²) in [5, 5.41) is 14.3. The van der Waals surface area contributed by atoms with E-state index in [2.05, 4.69) is 10.1 Å². The summed E-state index contributed by atoms with van der Waals surface area (Å²) < 4.78 is 7.17. The Morgan fingerprint density at radius 3 is 2.79 bits per heavy atom. The molecule has 0 bridgehead atoms. The molecule has 0 radical (unpaired) electrons. The first kappa shape index (κ1) is 16.3. The lowest BCUT2D eigenvalue weighted by Gasteiger charge is -2.08. The molecule has 0 unspecified atom stereocenters. The zero-order valence-electron chi connectivity index (χ0n) is 13.6. The van der Waals surface area contributed by atoms with Gasteiger partial charge in [0.2, 0.25) is 0 Å². The number of fused-ring (bicyclic) bond motifs is 1. The second kappa shape index (κ2) is 6.52. The number of para-hydroxylation sites is 1. The first-order chi connectivity index (χ1) is 11.5. The Labute approximate surface area is 143 Å². The summed E-state index contributed by atoms with van der Waals surface area (Å²) >= 11 is 1.23. The predicted octanol–water partition coefficient (Wildman–Crippen LogP) is 3.20. The Balaban J connectivity index is 2.23. The molecule has 6 nitrogen and oxygen atoms in total. The van der Waals surface area contributed by atoms with Gasteiger partial charge >= 0.3 is 5.97 Å². The maximum atomic E-state index is 10.9. The molecule has 124 valence electrons. The third kappa shape index (κ3) is 2.94. The highest BCUT2D eigenvalue weighted by atomic mass is 32.2. The number of aromatic nitrogens is 3. The van der Waals surface area contributed by atoms with Gasteiger partial charge in [-0.25, -0.2) is 9.50 Å². The van der Waals surface area contributed by atoms with E-state index in [-0.39, 0.29) is 5.75 Å². The number of carboxylic acid groups (broad SMARTS) is 1. The van der Waals surface area contributed by atoms with Crippen LogP contribution in [0.25, 0.3) is 16.8 Å². The van der Waals surface area contributed by atoms with Crippen LogP contribution in [0, 0.1) is 13.8 Å². The summed E-state index contributed by atoms with van der Waals surface area (Å²) in [5.41, 5.74) is 4.14. The summed E-state index contributed by atoms with van der Waals surface area (Å²) in [6.07, 6.45) is 0. The van der Waals surface area contributed by atoms with Crippen LogP contribution in [0.1, 0.15) is 11.4 Å². The molecule has 1 aromatic carbocycles. The first-order valence-electron chi connectivity index (χ1n) is 7.36. The third-order valence-electron chi connectivity index (χ3n) is 3.58. The number of hydrogen-bond donors (Lipinski definition) is 1. The van der Waals surface area contributed by atoms with Gasteiger partial charge in [0.1, 0.15) is 10.8 Å². The SMILES string of the molecule is COc1ccccc1-c1c(C)nn2c(SCC(=O)O)cc(C)nc12. The monoisotopic (exact) mass is 343 g/mol. The molecule has 3 rings (SSSR count). The Hall–Kier alpha value is -2.54. The maximum Gasteiger partial charge on any atom is 0.313 e. The highest BCUT2D eigenvalue weighted by molar-refractivity contribution is 7.99. The molecule has 24 heavy (non-hydrogen) atoms. The predicted molar refractivity (Wildman–Crippen MR) is 92.8 cm³/mol. The van der Waals surface area contributed by atoms with Crippen LogP contribution >= 0.6 is 11.8 Å². The number of rotatable bonds is 5. The van der Waals surface area contributed by atoms with Gasteiger partial charge in [0.15, 0.2) is 5.65 Å². The lowest BCUT2D eigenvalue weighted by atomic mass is 10.1. The van der Waals surface area contributed by atoms with Crippen LogP contribution in [0.4, 0.5) is 0 Å². The summed E-state index contributed by atoms with van der Waals surface area (Å²) in [4.78, 5) is 15.5. The average Bonchev–Trinajstić information content (AvgIpc) is 2.88. The van der Waals surface area contributed by atoms with Crippen molar-refractivity contribution in [1.82, 2.24) is 14.6 Å². The number of nitrogens with zero attached hydrogens (tertiary/aromatic N) is 3. The molecule has 0 fully saturated rings. The van der Waals surface area contributed by atoms with Gasteiger partial charge < -0.3 is 9.84 Å². The number of hydrogen-bond acceptors (Lipinski definition) is 5. The van der Waals surface area contributed by atoms with Crippen molar-refractivity contribution in [3.63, 3.8) is 0 Å². The minimum atomic E-state index is -0.864. The van der Waals surface area contributed by atoms with E-state index in [1.165, 1.54) is 11.8 Å². The smallest absolute Gasteiger partial charge is 0.313 e. The standard InChI is InChI=1S/C17H17N3O3S/c1-10-8-14(24-9-15(21)22)20-17(18-10)16(11(2)19-20)12-6-4-5-7-13(12)23-3/h4-8H,9H2,1-3H3,(H,21,22). The van der Waals surface area contributed by atoms with E-state index in [9.17, 15) is 4.79 Å². The fraction of sp³-hybridized carbons (Fsp3) is 0.235. The number of carboxylic acids is 1. The molecular weight excluding hydrogens is 326 g/mol. The van der Waals surface area contributed by atoms with Crippen LogP contribution in [0.15, 0.2) is 35.4 Å². The van der Waals surface area contributed by atoms with Crippen molar-refractivity contribution in [1.29, 1.82) is 0 Å². The lowest BCUT2D eigenvalue weighted by Crippen LogP contribution is -2.02. The highest BCUT2D eigenvalue weighted by Crippen LogP contribution is 2.35. The minimum Gasteiger partial charge on any atom is -0.496 e. The fourth-order valence-electron chi connectivity index (χ4n) is 2.62.